The van der Waals surface area contributed by atoms with E-state index in [0.29, 0.717) is 29.5 Å². The van der Waals surface area contributed by atoms with Gasteiger partial charge in [0.2, 0.25) is 0 Å². The summed E-state index contributed by atoms with van der Waals surface area (Å²) in [5.41, 5.74) is 0.711. The van der Waals surface area contributed by atoms with Crippen molar-refractivity contribution in [2.75, 3.05) is 39.3 Å². The molecule has 0 atom stereocenters. The predicted molar refractivity (Wildman–Crippen MR) is 83.5 cm³/mol. The summed E-state index contributed by atoms with van der Waals surface area (Å²) in [5, 5.41) is 0.539. The summed E-state index contributed by atoms with van der Waals surface area (Å²) < 4.78 is 14.6. The minimum Gasteiger partial charge on any atom is -0.495 e. The molecule has 122 valence electrons. The monoisotopic (exact) mass is 329 g/mol. The Labute approximate surface area is 134 Å². The number of methoxy groups -OCH3 is 3. The van der Waals surface area contributed by atoms with E-state index in [9.17, 15) is 9.59 Å². The summed E-state index contributed by atoms with van der Waals surface area (Å²) in [6.07, 6.45) is 0.376. The van der Waals surface area contributed by atoms with Gasteiger partial charge in [-0.3, -0.25) is 9.59 Å². The molecule has 0 N–H and O–H groups in total. The quantitative estimate of drug-likeness (QED) is 0.682. The van der Waals surface area contributed by atoms with E-state index in [1.165, 1.54) is 14.2 Å². The van der Waals surface area contributed by atoms with Crippen LogP contribution in [0.15, 0.2) is 18.2 Å². The Kier molecular flexibility index (Phi) is 7.52. The van der Waals surface area contributed by atoms with Gasteiger partial charge in [-0.1, -0.05) is 11.6 Å². The Balaban J connectivity index is 2.94. The number of ether oxygens (including phenoxy) is 3. The Hall–Kier alpha value is -1.95. The molecule has 1 rings (SSSR count). The number of nitrogens with zero attached hydrogens (tertiary/aromatic N) is 1. The highest BCUT2D eigenvalue weighted by Gasteiger charge is 2.16. The van der Waals surface area contributed by atoms with E-state index in [1.807, 2.05) is 4.90 Å². The molecule has 1 aromatic rings. The van der Waals surface area contributed by atoms with Crippen LogP contribution in [0.2, 0.25) is 5.02 Å². The van der Waals surface area contributed by atoms with Gasteiger partial charge in [0.1, 0.15) is 5.75 Å². The SMILES string of the molecule is COC(=O)CCN(CCC(=O)OC)c1cc(Cl)ccc1OC. The molecular formula is C15H20ClNO5. The van der Waals surface area contributed by atoms with Crippen LogP contribution < -0.4 is 9.64 Å². The Bertz CT molecular complexity index is 501. The maximum absolute atomic E-state index is 11.4. The van der Waals surface area contributed by atoms with E-state index in [2.05, 4.69) is 9.47 Å². The van der Waals surface area contributed by atoms with Crippen molar-refractivity contribution in [3.8, 4) is 5.75 Å². The molecule has 0 amide bonds. The third kappa shape index (κ3) is 5.44. The van der Waals surface area contributed by atoms with Gasteiger partial charge in [-0.15, -0.1) is 0 Å². The molecule has 0 fully saturated rings. The lowest BCUT2D eigenvalue weighted by molar-refractivity contribution is -0.140. The van der Waals surface area contributed by atoms with Crippen LogP contribution >= 0.6 is 11.6 Å². The topological polar surface area (TPSA) is 65.1 Å². The maximum atomic E-state index is 11.4. The van der Waals surface area contributed by atoms with Crippen molar-refractivity contribution in [1.29, 1.82) is 0 Å². The number of anilines is 1. The van der Waals surface area contributed by atoms with E-state index in [4.69, 9.17) is 16.3 Å². The maximum Gasteiger partial charge on any atom is 0.307 e. The first-order valence-electron chi connectivity index (χ1n) is 6.74. The van der Waals surface area contributed by atoms with Crippen LogP contribution in [0.4, 0.5) is 5.69 Å². The van der Waals surface area contributed by atoms with E-state index in [-0.39, 0.29) is 24.8 Å². The van der Waals surface area contributed by atoms with Crippen LogP contribution in [0, 0.1) is 0 Å². The summed E-state index contributed by atoms with van der Waals surface area (Å²) >= 11 is 6.03. The molecule has 0 aliphatic rings. The number of hydrogen-bond donors (Lipinski definition) is 0. The molecule has 0 radical (unpaired) electrons. The van der Waals surface area contributed by atoms with Crippen LogP contribution in [-0.2, 0) is 19.1 Å². The smallest absolute Gasteiger partial charge is 0.307 e. The zero-order chi connectivity index (χ0) is 16.5. The molecule has 1 aromatic carbocycles. The van der Waals surface area contributed by atoms with Gasteiger partial charge >= 0.3 is 11.9 Å². The van der Waals surface area contributed by atoms with Crippen LogP contribution in [0.25, 0.3) is 0 Å². The van der Waals surface area contributed by atoms with Crippen LogP contribution in [-0.4, -0.2) is 46.4 Å². The van der Waals surface area contributed by atoms with Crippen molar-refractivity contribution in [1.82, 2.24) is 0 Å². The molecule has 0 aromatic heterocycles. The van der Waals surface area contributed by atoms with Gasteiger partial charge in [0.25, 0.3) is 0 Å². The van der Waals surface area contributed by atoms with Crippen molar-refractivity contribution in [3.63, 3.8) is 0 Å². The number of carbonyl (C=O) groups excluding carboxylic acids is 2. The molecule has 0 heterocycles. The average Bonchev–Trinajstić information content (AvgIpc) is 2.54. The van der Waals surface area contributed by atoms with Gasteiger partial charge in [-0.2, -0.15) is 0 Å². The van der Waals surface area contributed by atoms with Crippen molar-refractivity contribution < 1.29 is 23.8 Å². The number of esters is 2. The summed E-state index contributed by atoms with van der Waals surface area (Å²) in [4.78, 5) is 24.6. The first-order chi connectivity index (χ1) is 10.5. The second kappa shape index (κ2) is 9.15. The summed E-state index contributed by atoms with van der Waals surface area (Å²) in [6.45, 7) is 0.751. The second-order valence-corrected chi connectivity index (χ2v) is 4.89. The van der Waals surface area contributed by atoms with Gasteiger partial charge < -0.3 is 19.1 Å². The molecule has 0 unspecified atom stereocenters. The van der Waals surface area contributed by atoms with Gasteiger partial charge in [-0.25, -0.2) is 0 Å². The molecule has 7 heteroatoms. The lowest BCUT2D eigenvalue weighted by Crippen LogP contribution is -2.29. The number of carbonyl (C=O) groups is 2. The molecule has 0 bridgehead atoms. The molecule has 0 saturated heterocycles. The van der Waals surface area contributed by atoms with Crippen molar-refractivity contribution >= 4 is 29.2 Å². The van der Waals surface area contributed by atoms with Crippen LogP contribution in [0.5, 0.6) is 5.75 Å². The third-order valence-corrected chi connectivity index (χ3v) is 3.34. The zero-order valence-electron chi connectivity index (χ0n) is 12.9. The summed E-state index contributed by atoms with van der Waals surface area (Å²) in [7, 11) is 4.22. The van der Waals surface area contributed by atoms with Crippen molar-refractivity contribution in [3.05, 3.63) is 23.2 Å². The number of hydrogen-bond acceptors (Lipinski definition) is 6. The minimum absolute atomic E-state index is 0.188. The van der Waals surface area contributed by atoms with Crippen molar-refractivity contribution in [2.45, 2.75) is 12.8 Å². The highest BCUT2D eigenvalue weighted by molar-refractivity contribution is 6.30. The highest BCUT2D eigenvalue weighted by atomic mass is 35.5. The Morgan fingerprint density at radius 2 is 1.59 bits per heavy atom. The number of benzene rings is 1. The molecule has 0 aliphatic carbocycles. The zero-order valence-corrected chi connectivity index (χ0v) is 13.7. The van der Waals surface area contributed by atoms with Crippen LogP contribution in [0.3, 0.4) is 0 Å². The predicted octanol–water partition coefficient (Wildman–Crippen LogP) is 2.28. The Morgan fingerprint density at radius 3 is 2.05 bits per heavy atom. The van der Waals surface area contributed by atoms with Gasteiger partial charge in [-0.05, 0) is 18.2 Å². The molecule has 0 aliphatic heterocycles. The normalized spacial score (nSPS) is 10.0. The summed E-state index contributed by atoms with van der Waals surface area (Å²) in [6, 6.07) is 5.18. The molecule has 0 saturated carbocycles. The molecular weight excluding hydrogens is 310 g/mol. The van der Waals surface area contributed by atoms with E-state index >= 15 is 0 Å². The molecule has 0 spiro atoms. The lowest BCUT2D eigenvalue weighted by Gasteiger charge is -2.26. The summed E-state index contributed by atoms with van der Waals surface area (Å²) in [5.74, 6) is -0.0488. The lowest BCUT2D eigenvalue weighted by atomic mass is 10.2. The first kappa shape index (κ1) is 18.1. The fourth-order valence-electron chi connectivity index (χ4n) is 1.92. The van der Waals surface area contributed by atoms with E-state index in [0.717, 1.165) is 0 Å². The molecule has 22 heavy (non-hydrogen) atoms. The average molecular weight is 330 g/mol. The van der Waals surface area contributed by atoms with Gasteiger partial charge in [0.05, 0.1) is 39.9 Å². The number of halogens is 1. The van der Waals surface area contributed by atoms with Crippen LogP contribution in [0.1, 0.15) is 12.8 Å². The second-order valence-electron chi connectivity index (χ2n) is 4.46. The van der Waals surface area contributed by atoms with Gasteiger partial charge in [0, 0.05) is 18.1 Å². The Morgan fingerprint density at radius 1 is 1.05 bits per heavy atom. The highest BCUT2D eigenvalue weighted by Crippen LogP contribution is 2.31. The van der Waals surface area contributed by atoms with E-state index in [1.54, 1.807) is 25.3 Å². The number of rotatable bonds is 8. The van der Waals surface area contributed by atoms with E-state index < -0.39 is 0 Å². The van der Waals surface area contributed by atoms with Crippen molar-refractivity contribution in [2.24, 2.45) is 0 Å². The third-order valence-electron chi connectivity index (χ3n) is 3.11. The fourth-order valence-corrected chi connectivity index (χ4v) is 2.09. The largest absolute Gasteiger partial charge is 0.495 e. The fraction of sp³-hybridized carbons (Fsp3) is 0.467. The standard InChI is InChI=1S/C15H20ClNO5/c1-20-13-5-4-11(16)10-12(13)17(8-6-14(18)21-2)9-7-15(19)22-3/h4-5,10H,6-9H2,1-3H3. The van der Waals surface area contributed by atoms with Gasteiger partial charge in [0.15, 0.2) is 0 Å². The first-order valence-corrected chi connectivity index (χ1v) is 7.11. The molecule has 6 nitrogen and oxygen atoms in total. The minimum atomic E-state index is -0.330.